The summed E-state index contributed by atoms with van der Waals surface area (Å²) in [5.74, 6) is 0.859. The van der Waals surface area contributed by atoms with Gasteiger partial charge in [0.1, 0.15) is 6.33 Å². The second-order valence-electron chi connectivity index (χ2n) is 4.56. The molecule has 3 aromatic rings. The Hall–Kier alpha value is -2.69. The van der Waals surface area contributed by atoms with Crippen LogP contribution >= 0.6 is 0 Å². The van der Waals surface area contributed by atoms with Crippen LogP contribution in [0.4, 0.5) is 5.69 Å². The van der Waals surface area contributed by atoms with Gasteiger partial charge in [-0.1, -0.05) is 12.1 Å². The van der Waals surface area contributed by atoms with Crippen LogP contribution in [0.15, 0.2) is 55.1 Å². The van der Waals surface area contributed by atoms with Gasteiger partial charge < -0.3 is 9.88 Å². The molecular weight excluding hydrogens is 250 g/mol. The van der Waals surface area contributed by atoms with E-state index >= 15 is 0 Å². The topological polar surface area (TPSA) is 55.6 Å². The van der Waals surface area contributed by atoms with Crippen molar-refractivity contribution < 1.29 is 0 Å². The third kappa shape index (κ3) is 2.66. The smallest absolute Gasteiger partial charge is 0.163 e. The molecule has 0 fully saturated rings. The Balaban J connectivity index is 1.77. The van der Waals surface area contributed by atoms with E-state index in [4.69, 9.17) is 0 Å². The molecule has 0 saturated heterocycles. The Labute approximate surface area is 117 Å². The van der Waals surface area contributed by atoms with Crippen molar-refractivity contribution in [1.29, 1.82) is 0 Å². The van der Waals surface area contributed by atoms with E-state index in [0.29, 0.717) is 0 Å². The monoisotopic (exact) mass is 265 g/mol. The van der Waals surface area contributed by atoms with Crippen molar-refractivity contribution in [3.8, 4) is 11.4 Å². The fourth-order valence-electron chi connectivity index (χ4n) is 2.02. The molecule has 0 aliphatic heterocycles. The molecular formula is C15H15N5. The fraction of sp³-hybridized carbons (Fsp3) is 0.133. The van der Waals surface area contributed by atoms with Gasteiger partial charge in [-0.25, -0.2) is 0 Å². The molecule has 1 N–H and O–H groups in total. The molecule has 0 aliphatic carbocycles. The minimum absolute atomic E-state index is 0.769. The van der Waals surface area contributed by atoms with Crippen LogP contribution in [-0.2, 0) is 13.6 Å². The minimum atomic E-state index is 0.769. The Morgan fingerprint density at radius 3 is 2.75 bits per heavy atom. The molecule has 0 aliphatic rings. The molecule has 0 bridgehead atoms. The first-order chi connectivity index (χ1) is 9.83. The molecule has 0 radical (unpaired) electrons. The van der Waals surface area contributed by atoms with Gasteiger partial charge in [-0.3, -0.25) is 4.98 Å². The van der Waals surface area contributed by atoms with E-state index in [1.165, 1.54) is 5.56 Å². The Morgan fingerprint density at radius 1 is 1.15 bits per heavy atom. The van der Waals surface area contributed by atoms with Gasteiger partial charge in [0.05, 0.1) is 0 Å². The van der Waals surface area contributed by atoms with Gasteiger partial charge in [0.25, 0.3) is 0 Å². The lowest BCUT2D eigenvalue weighted by molar-refractivity contribution is 0.920. The molecule has 0 unspecified atom stereocenters. The van der Waals surface area contributed by atoms with Crippen LogP contribution in [0.1, 0.15) is 5.56 Å². The number of anilines is 1. The lowest BCUT2D eigenvalue weighted by Crippen LogP contribution is -2.00. The van der Waals surface area contributed by atoms with E-state index in [-0.39, 0.29) is 0 Å². The summed E-state index contributed by atoms with van der Waals surface area (Å²) < 4.78 is 1.90. The van der Waals surface area contributed by atoms with E-state index in [0.717, 1.165) is 23.6 Å². The second-order valence-corrected chi connectivity index (χ2v) is 4.56. The van der Waals surface area contributed by atoms with Crippen molar-refractivity contribution in [2.24, 2.45) is 7.05 Å². The first-order valence-corrected chi connectivity index (χ1v) is 6.40. The summed E-state index contributed by atoms with van der Waals surface area (Å²) >= 11 is 0. The van der Waals surface area contributed by atoms with Crippen molar-refractivity contribution in [3.63, 3.8) is 0 Å². The first-order valence-electron chi connectivity index (χ1n) is 6.40. The van der Waals surface area contributed by atoms with Gasteiger partial charge in [-0.05, 0) is 29.8 Å². The first kappa shape index (κ1) is 12.3. The normalized spacial score (nSPS) is 10.4. The summed E-state index contributed by atoms with van der Waals surface area (Å²) in [4.78, 5) is 4.01. The maximum absolute atomic E-state index is 4.12. The summed E-state index contributed by atoms with van der Waals surface area (Å²) in [6.07, 6.45) is 5.30. The van der Waals surface area contributed by atoms with E-state index < -0.39 is 0 Å². The lowest BCUT2D eigenvalue weighted by atomic mass is 10.2. The molecule has 20 heavy (non-hydrogen) atoms. The van der Waals surface area contributed by atoms with Crippen molar-refractivity contribution in [1.82, 2.24) is 19.7 Å². The number of rotatable bonds is 4. The van der Waals surface area contributed by atoms with Crippen molar-refractivity contribution in [2.75, 3.05) is 5.32 Å². The number of nitrogens with one attached hydrogen (secondary N) is 1. The molecule has 100 valence electrons. The zero-order valence-electron chi connectivity index (χ0n) is 11.2. The van der Waals surface area contributed by atoms with Gasteiger partial charge in [-0.15, -0.1) is 10.2 Å². The van der Waals surface area contributed by atoms with Crippen LogP contribution in [0.25, 0.3) is 11.4 Å². The van der Waals surface area contributed by atoms with Crippen LogP contribution in [0.2, 0.25) is 0 Å². The fourth-order valence-corrected chi connectivity index (χ4v) is 2.02. The summed E-state index contributed by atoms with van der Waals surface area (Å²) in [5.41, 5.74) is 3.30. The zero-order chi connectivity index (χ0) is 13.8. The summed E-state index contributed by atoms with van der Waals surface area (Å²) in [7, 11) is 1.94. The van der Waals surface area contributed by atoms with Gasteiger partial charge in [0, 0.05) is 37.2 Å². The zero-order valence-corrected chi connectivity index (χ0v) is 11.2. The van der Waals surface area contributed by atoms with Gasteiger partial charge in [0.15, 0.2) is 5.82 Å². The molecule has 1 aromatic carbocycles. The maximum Gasteiger partial charge on any atom is 0.163 e. The molecule has 2 aromatic heterocycles. The summed E-state index contributed by atoms with van der Waals surface area (Å²) in [6.45, 7) is 0.769. The van der Waals surface area contributed by atoms with Crippen molar-refractivity contribution in [2.45, 2.75) is 6.54 Å². The van der Waals surface area contributed by atoms with Crippen LogP contribution in [0.3, 0.4) is 0 Å². The average molecular weight is 265 g/mol. The molecule has 0 atom stereocenters. The highest BCUT2D eigenvalue weighted by Crippen LogP contribution is 2.20. The highest BCUT2D eigenvalue weighted by Gasteiger charge is 2.04. The van der Waals surface area contributed by atoms with Crippen LogP contribution in [0, 0.1) is 0 Å². The largest absolute Gasteiger partial charge is 0.381 e. The number of hydrogen-bond donors (Lipinski definition) is 1. The Kier molecular flexibility index (Phi) is 3.41. The van der Waals surface area contributed by atoms with Gasteiger partial charge >= 0.3 is 0 Å². The SMILES string of the molecule is Cn1cnnc1-c1cccc(NCc2ccncc2)c1. The van der Waals surface area contributed by atoms with Crippen molar-refractivity contribution in [3.05, 3.63) is 60.7 Å². The van der Waals surface area contributed by atoms with Crippen LogP contribution < -0.4 is 5.32 Å². The van der Waals surface area contributed by atoms with E-state index in [1.54, 1.807) is 18.7 Å². The third-order valence-electron chi connectivity index (χ3n) is 3.08. The molecule has 3 rings (SSSR count). The van der Waals surface area contributed by atoms with E-state index in [9.17, 15) is 0 Å². The molecule has 2 heterocycles. The summed E-state index contributed by atoms with van der Waals surface area (Å²) in [5, 5.41) is 11.4. The second kappa shape index (κ2) is 5.52. The highest BCUT2D eigenvalue weighted by molar-refractivity contribution is 5.62. The predicted molar refractivity (Wildman–Crippen MR) is 78.0 cm³/mol. The minimum Gasteiger partial charge on any atom is -0.381 e. The Bertz CT molecular complexity index is 690. The number of benzene rings is 1. The quantitative estimate of drug-likeness (QED) is 0.787. The summed E-state index contributed by atoms with van der Waals surface area (Å²) in [6, 6.07) is 12.2. The Morgan fingerprint density at radius 2 is 2.00 bits per heavy atom. The molecule has 0 spiro atoms. The van der Waals surface area contributed by atoms with E-state index in [1.807, 2.05) is 41.9 Å². The number of pyridine rings is 1. The average Bonchev–Trinajstić information content (AvgIpc) is 2.93. The molecule has 5 heteroatoms. The van der Waals surface area contributed by atoms with Crippen LogP contribution in [-0.4, -0.2) is 19.7 Å². The number of nitrogens with zero attached hydrogens (tertiary/aromatic N) is 4. The molecule has 0 amide bonds. The van der Waals surface area contributed by atoms with Crippen LogP contribution in [0.5, 0.6) is 0 Å². The molecule has 0 saturated carbocycles. The maximum atomic E-state index is 4.12. The van der Waals surface area contributed by atoms with Gasteiger partial charge in [0.2, 0.25) is 0 Å². The predicted octanol–water partition coefficient (Wildman–Crippen LogP) is 2.49. The number of hydrogen-bond acceptors (Lipinski definition) is 4. The number of aromatic nitrogens is 4. The molecule has 5 nitrogen and oxygen atoms in total. The number of aryl methyl sites for hydroxylation is 1. The third-order valence-corrected chi connectivity index (χ3v) is 3.08. The van der Waals surface area contributed by atoms with E-state index in [2.05, 4.69) is 26.6 Å². The highest BCUT2D eigenvalue weighted by atomic mass is 15.2. The lowest BCUT2D eigenvalue weighted by Gasteiger charge is -2.08. The standard InChI is InChI=1S/C15H15N5/c1-20-11-18-19-15(20)13-3-2-4-14(9-13)17-10-12-5-7-16-8-6-12/h2-9,11,17H,10H2,1H3. The van der Waals surface area contributed by atoms with Crippen molar-refractivity contribution >= 4 is 5.69 Å². The van der Waals surface area contributed by atoms with Gasteiger partial charge in [-0.2, -0.15) is 0 Å².